The highest BCUT2D eigenvalue weighted by atomic mass is 16.7. The number of nitrogens with one attached hydrogen (secondary N) is 1. The summed E-state index contributed by atoms with van der Waals surface area (Å²) in [5.74, 6) is 2.52. The Labute approximate surface area is 122 Å². The molecule has 2 heterocycles. The molecule has 0 unspecified atom stereocenters. The number of fused-ring (bicyclic) bond motifs is 1. The number of oxazole rings is 1. The first-order chi connectivity index (χ1) is 10.1. The van der Waals surface area contributed by atoms with E-state index in [1.807, 2.05) is 25.1 Å². The van der Waals surface area contributed by atoms with E-state index in [9.17, 15) is 4.79 Å². The first-order valence-electron chi connectivity index (χ1n) is 6.70. The molecule has 1 aliphatic rings. The van der Waals surface area contributed by atoms with Crippen LogP contribution in [0.3, 0.4) is 0 Å². The summed E-state index contributed by atoms with van der Waals surface area (Å²) in [7, 11) is 0. The average molecular weight is 288 g/mol. The Kier molecular flexibility index (Phi) is 3.51. The number of amides is 1. The Bertz CT molecular complexity index is 678. The highest BCUT2D eigenvalue weighted by molar-refractivity contribution is 5.78. The van der Waals surface area contributed by atoms with E-state index in [4.69, 9.17) is 13.9 Å². The monoisotopic (exact) mass is 288 g/mol. The third-order valence-corrected chi connectivity index (χ3v) is 3.25. The molecule has 0 bridgehead atoms. The van der Waals surface area contributed by atoms with Gasteiger partial charge in [-0.3, -0.25) is 4.79 Å². The fourth-order valence-corrected chi connectivity index (χ4v) is 2.20. The number of aryl methyl sites for hydroxylation is 2. The molecule has 0 saturated carbocycles. The van der Waals surface area contributed by atoms with Crippen LogP contribution < -0.4 is 14.8 Å². The molecule has 3 rings (SSSR count). The van der Waals surface area contributed by atoms with Gasteiger partial charge in [0.1, 0.15) is 5.76 Å². The van der Waals surface area contributed by atoms with Crippen LogP contribution in [0.5, 0.6) is 11.5 Å². The Hall–Kier alpha value is -2.50. The minimum atomic E-state index is -0.105. The van der Waals surface area contributed by atoms with Crippen LogP contribution in [0.15, 0.2) is 22.6 Å². The first kappa shape index (κ1) is 13.5. The van der Waals surface area contributed by atoms with Gasteiger partial charge in [-0.05, 0) is 24.6 Å². The maximum atomic E-state index is 11.9. The normalized spacial score (nSPS) is 12.5. The van der Waals surface area contributed by atoms with Gasteiger partial charge in [0.2, 0.25) is 12.7 Å². The molecule has 0 saturated heterocycles. The molecule has 0 atom stereocenters. The maximum Gasteiger partial charge on any atom is 0.231 e. The van der Waals surface area contributed by atoms with Gasteiger partial charge in [0.15, 0.2) is 17.4 Å². The highest BCUT2D eigenvalue weighted by Gasteiger charge is 2.14. The number of aromatic nitrogens is 1. The van der Waals surface area contributed by atoms with Crippen LogP contribution in [0, 0.1) is 13.8 Å². The minimum absolute atomic E-state index is 0.105. The number of rotatable bonds is 4. The lowest BCUT2D eigenvalue weighted by molar-refractivity contribution is -0.120. The second-order valence-corrected chi connectivity index (χ2v) is 4.88. The largest absolute Gasteiger partial charge is 0.454 e. The molecular weight excluding hydrogens is 272 g/mol. The summed E-state index contributed by atoms with van der Waals surface area (Å²) in [5.41, 5.74) is 1.71. The lowest BCUT2D eigenvalue weighted by Gasteiger charge is -2.05. The number of ether oxygens (including phenoxy) is 2. The summed E-state index contributed by atoms with van der Waals surface area (Å²) >= 11 is 0. The zero-order chi connectivity index (χ0) is 14.8. The summed E-state index contributed by atoms with van der Waals surface area (Å²) < 4.78 is 15.9. The number of nitrogens with zero attached hydrogens (tertiary/aromatic N) is 1. The first-order valence-corrected chi connectivity index (χ1v) is 6.70. The van der Waals surface area contributed by atoms with Crippen LogP contribution in [0.2, 0.25) is 0 Å². The predicted molar refractivity (Wildman–Crippen MR) is 74.1 cm³/mol. The Morgan fingerprint density at radius 2 is 2.10 bits per heavy atom. The molecule has 0 radical (unpaired) electrons. The molecule has 1 amide bonds. The molecule has 1 aliphatic heterocycles. The standard InChI is InChI=1S/C15H16N2O4/c1-9-13(21-10(2)17-9)6-15(18)16-7-11-3-4-12-14(5-11)20-8-19-12/h3-5H,6-8H2,1-2H3,(H,16,18). The highest BCUT2D eigenvalue weighted by Crippen LogP contribution is 2.32. The van der Waals surface area contributed by atoms with E-state index < -0.39 is 0 Å². The van der Waals surface area contributed by atoms with E-state index in [1.54, 1.807) is 6.92 Å². The molecule has 0 aliphatic carbocycles. The van der Waals surface area contributed by atoms with Crippen molar-refractivity contribution in [3.8, 4) is 11.5 Å². The zero-order valence-corrected chi connectivity index (χ0v) is 11.9. The van der Waals surface area contributed by atoms with Crippen molar-refractivity contribution in [2.75, 3.05) is 6.79 Å². The molecule has 0 fully saturated rings. The van der Waals surface area contributed by atoms with Gasteiger partial charge in [-0.2, -0.15) is 0 Å². The van der Waals surface area contributed by atoms with E-state index in [1.165, 1.54) is 0 Å². The maximum absolute atomic E-state index is 11.9. The van der Waals surface area contributed by atoms with Crippen LogP contribution in [0.25, 0.3) is 0 Å². The van der Waals surface area contributed by atoms with Crippen LogP contribution in [-0.2, 0) is 17.8 Å². The van der Waals surface area contributed by atoms with Crippen molar-refractivity contribution < 1.29 is 18.7 Å². The molecule has 21 heavy (non-hydrogen) atoms. The Morgan fingerprint density at radius 3 is 2.86 bits per heavy atom. The number of hydrogen-bond donors (Lipinski definition) is 1. The molecule has 1 aromatic heterocycles. The van der Waals surface area contributed by atoms with Gasteiger partial charge in [-0.15, -0.1) is 0 Å². The number of benzene rings is 1. The average Bonchev–Trinajstić information content (AvgIpc) is 3.02. The van der Waals surface area contributed by atoms with Crippen molar-refractivity contribution in [2.24, 2.45) is 0 Å². The number of carbonyl (C=O) groups excluding carboxylic acids is 1. The summed E-state index contributed by atoms with van der Waals surface area (Å²) in [6.07, 6.45) is 0.192. The van der Waals surface area contributed by atoms with E-state index in [2.05, 4.69) is 10.3 Å². The molecule has 6 nitrogen and oxygen atoms in total. The summed E-state index contributed by atoms with van der Waals surface area (Å²) in [5, 5.41) is 2.85. The molecule has 0 spiro atoms. The lowest BCUT2D eigenvalue weighted by atomic mass is 10.2. The topological polar surface area (TPSA) is 73.6 Å². The third kappa shape index (κ3) is 2.99. The van der Waals surface area contributed by atoms with Gasteiger partial charge in [0.25, 0.3) is 0 Å². The van der Waals surface area contributed by atoms with Gasteiger partial charge in [0, 0.05) is 13.5 Å². The zero-order valence-electron chi connectivity index (χ0n) is 11.9. The number of carbonyl (C=O) groups is 1. The quantitative estimate of drug-likeness (QED) is 0.930. The molecule has 6 heteroatoms. The third-order valence-electron chi connectivity index (χ3n) is 3.25. The number of hydrogen-bond acceptors (Lipinski definition) is 5. The van der Waals surface area contributed by atoms with Crippen molar-refractivity contribution in [3.63, 3.8) is 0 Å². The van der Waals surface area contributed by atoms with Crippen LogP contribution in [-0.4, -0.2) is 17.7 Å². The predicted octanol–water partition coefficient (Wildman–Crippen LogP) is 1.88. The van der Waals surface area contributed by atoms with E-state index in [0.29, 0.717) is 23.9 Å². The lowest BCUT2D eigenvalue weighted by Crippen LogP contribution is -2.24. The summed E-state index contributed by atoms with van der Waals surface area (Å²) in [6.45, 7) is 4.27. The Morgan fingerprint density at radius 1 is 1.29 bits per heavy atom. The summed E-state index contributed by atoms with van der Waals surface area (Å²) in [4.78, 5) is 16.1. The van der Waals surface area contributed by atoms with E-state index >= 15 is 0 Å². The van der Waals surface area contributed by atoms with Gasteiger partial charge < -0.3 is 19.2 Å². The molecule has 1 N–H and O–H groups in total. The Balaban J connectivity index is 1.57. The molecular formula is C15H16N2O4. The fraction of sp³-hybridized carbons (Fsp3) is 0.333. The van der Waals surface area contributed by atoms with Crippen LogP contribution >= 0.6 is 0 Å². The molecule has 110 valence electrons. The van der Waals surface area contributed by atoms with Crippen molar-refractivity contribution in [1.82, 2.24) is 10.3 Å². The van der Waals surface area contributed by atoms with Crippen molar-refractivity contribution in [1.29, 1.82) is 0 Å². The van der Waals surface area contributed by atoms with Crippen molar-refractivity contribution in [2.45, 2.75) is 26.8 Å². The van der Waals surface area contributed by atoms with E-state index in [0.717, 1.165) is 17.0 Å². The smallest absolute Gasteiger partial charge is 0.231 e. The van der Waals surface area contributed by atoms with Crippen molar-refractivity contribution in [3.05, 3.63) is 41.1 Å². The van der Waals surface area contributed by atoms with Crippen LogP contribution in [0.4, 0.5) is 0 Å². The molecule has 1 aromatic carbocycles. The van der Waals surface area contributed by atoms with Gasteiger partial charge in [0.05, 0.1) is 12.1 Å². The summed E-state index contributed by atoms with van der Waals surface area (Å²) in [6, 6.07) is 5.61. The van der Waals surface area contributed by atoms with E-state index in [-0.39, 0.29) is 19.1 Å². The van der Waals surface area contributed by atoms with Gasteiger partial charge in [-0.1, -0.05) is 6.07 Å². The minimum Gasteiger partial charge on any atom is -0.454 e. The fourth-order valence-electron chi connectivity index (χ4n) is 2.20. The SMILES string of the molecule is Cc1nc(C)c(CC(=O)NCc2ccc3c(c2)OCO3)o1. The van der Waals surface area contributed by atoms with Crippen LogP contribution in [0.1, 0.15) is 22.9 Å². The van der Waals surface area contributed by atoms with Crippen molar-refractivity contribution >= 4 is 5.91 Å². The molecule has 2 aromatic rings. The van der Waals surface area contributed by atoms with Gasteiger partial charge >= 0.3 is 0 Å². The second kappa shape index (κ2) is 5.47. The second-order valence-electron chi connectivity index (χ2n) is 4.88. The van der Waals surface area contributed by atoms with Gasteiger partial charge in [-0.25, -0.2) is 4.98 Å².